The number of aliphatic hydroxyl groups is 1. The molecule has 0 radical (unpaired) electrons. The van der Waals surface area contributed by atoms with Crippen LogP contribution < -0.4 is 10.6 Å². The number of benzene rings is 1. The summed E-state index contributed by atoms with van der Waals surface area (Å²) >= 11 is 0. The Labute approximate surface area is 200 Å². The smallest absolute Gasteiger partial charge is 0.255 e. The third-order valence-electron chi connectivity index (χ3n) is 9.12. The summed E-state index contributed by atoms with van der Waals surface area (Å²) in [5, 5.41) is 16.1. The second-order valence-electron chi connectivity index (χ2n) is 11.4. The maximum Gasteiger partial charge on any atom is 0.255 e. The number of hydrogen-bond acceptors (Lipinski definition) is 6. The first kappa shape index (κ1) is 22.2. The van der Waals surface area contributed by atoms with Gasteiger partial charge in [0.2, 0.25) is 11.8 Å². The summed E-state index contributed by atoms with van der Waals surface area (Å²) in [6, 6.07) is 5.43. The molecule has 3 N–H and O–H groups in total. The monoisotopic (exact) mass is 466 g/mol. The van der Waals surface area contributed by atoms with Crippen LogP contribution in [0.25, 0.3) is 0 Å². The lowest BCUT2D eigenvalue weighted by molar-refractivity contribution is -0.188. The zero-order valence-corrected chi connectivity index (χ0v) is 19.6. The standard InChI is InChI=1S/C26H34N4O4/c31-16-25-12-26(13-25,19-6-8-27-9-7-19)15-29(14-25)10-17-2-1-3-18-11-30(24(34)22(17)18)20-4-5-21(32)28-23(20)33/h1-3,19-20,27,31H,4-16H2,(H,28,32,33). The number of rotatable bonds is 5. The Bertz CT molecular complexity index is 1030. The van der Waals surface area contributed by atoms with E-state index in [1.807, 2.05) is 18.2 Å². The lowest BCUT2D eigenvalue weighted by Gasteiger charge is -2.66. The van der Waals surface area contributed by atoms with Gasteiger partial charge in [-0.2, -0.15) is 0 Å². The van der Waals surface area contributed by atoms with E-state index in [-0.39, 0.29) is 41.6 Å². The Hall–Kier alpha value is -2.29. The van der Waals surface area contributed by atoms with Crippen LogP contribution in [0.4, 0.5) is 0 Å². The molecular formula is C26H34N4O4. The molecule has 0 aromatic heterocycles. The van der Waals surface area contributed by atoms with E-state index in [0.717, 1.165) is 55.7 Å². The first-order valence-corrected chi connectivity index (χ1v) is 12.7. The van der Waals surface area contributed by atoms with Crippen LogP contribution in [0.5, 0.6) is 0 Å². The van der Waals surface area contributed by atoms with Crippen molar-refractivity contribution in [2.45, 2.75) is 57.7 Å². The maximum atomic E-state index is 13.5. The molecule has 1 aromatic carbocycles. The van der Waals surface area contributed by atoms with Crippen molar-refractivity contribution in [3.8, 4) is 0 Å². The molecule has 3 amide bonds. The minimum absolute atomic E-state index is 0.0101. The van der Waals surface area contributed by atoms with Crippen molar-refractivity contribution >= 4 is 17.7 Å². The van der Waals surface area contributed by atoms with Gasteiger partial charge in [0.25, 0.3) is 5.91 Å². The Morgan fingerprint density at radius 1 is 1.06 bits per heavy atom. The molecule has 182 valence electrons. The third kappa shape index (κ3) is 3.49. The first-order valence-electron chi connectivity index (χ1n) is 12.7. The van der Waals surface area contributed by atoms with Crippen molar-refractivity contribution < 1.29 is 19.5 Å². The summed E-state index contributed by atoms with van der Waals surface area (Å²) in [7, 11) is 0. The lowest BCUT2D eigenvalue weighted by atomic mass is 9.45. The summed E-state index contributed by atoms with van der Waals surface area (Å²) in [6.07, 6.45) is 5.29. The molecule has 1 saturated carbocycles. The Morgan fingerprint density at radius 2 is 1.85 bits per heavy atom. The molecule has 34 heavy (non-hydrogen) atoms. The normalized spacial score (nSPS) is 34.1. The van der Waals surface area contributed by atoms with Gasteiger partial charge >= 0.3 is 0 Å². The average molecular weight is 467 g/mol. The summed E-state index contributed by atoms with van der Waals surface area (Å²) in [5.41, 5.74) is 2.96. The van der Waals surface area contributed by atoms with Crippen LogP contribution in [0, 0.1) is 16.7 Å². The van der Waals surface area contributed by atoms with Crippen molar-refractivity contribution in [1.29, 1.82) is 0 Å². The van der Waals surface area contributed by atoms with Crippen LogP contribution >= 0.6 is 0 Å². The predicted molar refractivity (Wildman–Crippen MR) is 125 cm³/mol. The number of hydrogen-bond donors (Lipinski definition) is 3. The lowest BCUT2D eigenvalue weighted by Crippen LogP contribution is -2.67. The highest BCUT2D eigenvalue weighted by atomic mass is 16.3. The molecule has 5 fully saturated rings. The Morgan fingerprint density at radius 3 is 2.59 bits per heavy atom. The molecule has 1 atom stereocenters. The summed E-state index contributed by atoms with van der Waals surface area (Å²) in [6.45, 7) is 5.37. The van der Waals surface area contributed by atoms with Crippen molar-refractivity contribution in [2.75, 3.05) is 32.8 Å². The molecule has 1 aliphatic carbocycles. The van der Waals surface area contributed by atoms with Crippen LogP contribution in [0.15, 0.2) is 18.2 Å². The third-order valence-corrected chi connectivity index (χ3v) is 9.12. The first-order chi connectivity index (χ1) is 16.4. The molecule has 7 rings (SSSR count). The van der Waals surface area contributed by atoms with Crippen LogP contribution in [0.1, 0.15) is 60.0 Å². The van der Waals surface area contributed by atoms with Gasteiger partial charge in [0.1, 0.15) is 6.04 Å². The second-order valence-corrected chi connectivity index (χ2v) is 11.4. The quantitative estimate of drug-likeness (QED) is 0.560. The fourth-order valence-electron chi connectivity index (χ4n) is 7.83. The van der Waals surface area contributed by atoms with Crippen molar-refractivity contribution in [1.82, 2.24) is 20.4 Å². The molecule has 5 aliphatic heterocycles. The predicted octanol–water partition coefficient (Wildman–Crippen LogP) is 1.02. The van der Waals surface area contributed by atoms with Gasteiger partial charge in [0.15, 0.2) is 0 Å². The van der Waals surface area contributed by atoms with E-state index in [0.29, 0.717) is 25.4 Å². The van der Waals surface area contributed by atoms with Gasteiger partial charge in [-0.3, -0.25) is 24.6 Å². The highest BCUT2D eigenvalue weighted by molar-refractivity contribution is 6.06. The maximum absolute atomic E-state index is 13.5. The molecule has 4 saturated heterocycles. The number of nitrogens with zero attached hydrogens (tertiary/aromatic N) is 2. The highest BCUT2D eigenvalue weighted by Gasteiger charge is 2.61. The van der Waals surface area contributed by atoms with Crippen LogP contribution in [-0.2, 0) is 22.7 Å². The number of piperidine rings is 4. The van der Waals surface area contributed by atoms with Gasteiger partial charge in [0.05, 0.1) is 0 Å². The molecule has 5 heterocycles. The van der Waals surface area contributed by atoms with Crippen molar-refractivity contribution in [3.63, 3.8) is 0 Å². The van der Waals surface area contributed by atoms with Gasteiger partial charge in [-0.15, -0.1) is 0 Å². The topological polar surface area (TPSA) is 102 Å². The number of amides is 3. The SMILES string of the molecule is O=C1CCC(N2Cc3cccc(CN4CC5(CO)CC(C6CCNCC6)(C4)C5)c3C2=O)C(=O)N1. The number of imide groups is 1. The van der Waals surface area contributed by atoms with Gasteiger partial charge in [-0.05, 0) is 67.7 Å². The molecular weight excluding hydrogens is 432 g/mol. The highest BCUT2D eigenvalue weighted by Crippen LogP contribution is 2.63. The van der Waals surface area contributed by atoms with E-state index in [1.54, 1.807) is 4.90 Å². The molecule has 6 aliphatic rings. The van der Waals surface area contributed by atoms with Gasteiger partial charge in [0, 0.05) is 50.2 Å². The van der Waals surface area contributed by atoms with Crippen LogP contribution in [-0.4, -0.2) is 71.5 Å². The molecule has 0 spiro atoms. The number of carbonyl (C=O) groups is 3. The van der Waals surface area contributed by atoms with Gasteiger partial charge < -0.3 is 15.3 Å². The van der Waals surface area contributed by atoms with E-state index >= 15 is 0 Å². The van der Waals surface area contributed by atoms with Crippen LogP contribution in [0.3, 0.4) is 0 Å². The largest absolute Gasteiger partial charge is 0.396 e. The summed E-state index contributed by atoms with van der Waals surface area (Å²) < 4.78 is 0. The fraction of sp³-hybridized carbons (Fsp3) is 0.654. The molecule has 1 aromatic rings. The fourth-order valence-corrected chi connectivity index (χ4v) is 7.83. The van der Waals surface area contributed by atoms with Gasteiger partial charge in [-0.25, -0.2) is 0 Å². The minimum atomic E-state index is -0.589. The van der Waals surface area contributed by atoms with E-state index in [4.69, 9.17) is 0 Å². The van der Waals surface area contributed by atoms with E-state index in [9.17, 15) is 19.5 Å². The van der Waals surface area contributed by atoms with E-state index in [2.05, 4.69) is 15.5 Å². The number of carbonyl (C=O) groups excluding carboxylic acids is 3. The zero-order valence-electron chi connectivity index (χ0n) is 19.6. The number of fused-ring (bicyclic) bond motifs is 3. The summed E-state index contributed by atoms with van der Waals surface area (Å²) in [4.78, 5) is 41.6. The van der Waals surface area contributed by atoms with E-state index < -0.39 is 6.04 Å². The Balaban J connectivity index is 1.22. The summed E-state index contributed by atoms with van der Waals surface area (Å²) in [5.74, 6) is -0.0475. The second kappa shape index (κ2) is 8.14. The molecule has 8 heteroatoms. The Kier molecular flexibility index (Phi) is 5.31. The average Bonchev–Trinajstić information content (AvgIpc) is 3.16. The molecule has 8 nitrogen and oxygen atoms in total. The number of aliphatic hydroxyl groups excluding tert-OH is 1. The molecule has 1 unspecified atom stereocenters. The van der Waals surface area contributed by atoms with Crippen molar-refractivity contribution in [3.05, 3.63) is 34.9 Å². The minimum Gasteiger partial charge on any atom is -0.396 e. The zero-order chi connectivity index (χ0) is 23.5. The van der Waals surface area contributed by atoms with E-state index in [1.165, 1.54) is 12.8 Å². The molecule has 2 bridgehead atoms. The van der Waals surface area contributed by atoms with Crippen molar-refractivity contribution in [2.24, 2.45) is 16.7 Å². The van der Waals surface area contributed by atoms with Gasteiger partial charge in [-0.1, -0.05) is 18.2 Å². The van der Waals surface area contributed by atoms with Crippen LogP contribution in [0.2, 0.25) is 0 Å². The number of nitrogens with one attached hydrogen (secondary N) is 2.